The molecule has 0 aromatic heterocycles. The number of halogens is 1. The average Bonchev–Trinajstić information content (AvgIpc) is 2.86. The molecule has 2 saturated heterocycles. The summed E-state index contributed by atoms with van der Waals surface area (Å²) in [5.41, 5.74) is 0. The van der Waals surface area contributed by atoms with Gasteiger partial charge in [0.15, 0.2) is 0 Å². The lowest BCUT2D eigenvalue weighted by molar-refractivity contribution is 0.0970. The summed E-state index contributed by atoms with van der Waals surface area (Å²) in [5, 5.41) is 0.741. The number of hydrogen-bond acceptors (Lipinski definition) is 3. The predicted molar refractivity (Wildman–Crippen MR) is 75.5 cm³/mol. The van der Waals surface area contributed by atoms with Gasteiger partial charge in [-0.3, -0.25) is 0 Å². The van der Waals surface area contributed by atoms with Gasteiger partial charge in [-0.25, -0.2) is 8.42 Å². The summed E-state index contributed by atoms with van der Waals surface area (Å²) in [4.78, 5) is 0. The van der Waals surface area contributed by atoms with E-state index in [0.717, 1.165) is 31.0 Å². The minimum absolute atomic E-state index is 0.212. The van der Waals surface area contributed by atoms with Crippen LogP contribution in [0.5, 0.6) is 0 Å². The first kappa shape index (κ1) is 14.8. The third-order valence-corrected chi connectivity index (χ3v) is 6.92. The van der Waals surface area contributed by atoms with Gasteiger partial charge in [-0.05, 0) is 38.5 Å². The molecular formula is C12H22BrNO3S. The van der Waals surface area contributed by atoms with Gasteiger partial charge in [-0.2, -0.15) is 4.31 Å². The molecule has 0 saturated carbocycles. The van der Waals surface area contributed by atoms with E-state index in [2.05, 4.69) is 15.9 Å². The van der Waals surface area contributed by atoms with Crippen molar-refractivity contribution in [2.75, 3.05) is 25.1 Å². The quantitative estimate of drug-likeness (QED) is 0.721. The predicted octanol–water partition coefficient (Wildman–Crippen LogP) is 2.13. The Morgan fingerprint density at radius 3 is 2.61 bits per heavy atom. The van der Waals surface area contributed by atoms with Gasteiger partial charge in [0.25, 0.3) is 0 Å². The van der Waals surface area contributed by atoms with Gasteiger partial charge in [-0.1, -0.05) is 15.9 Å². The van der Waals surface area contributed by atoms with Gasteiger partial charge in [0, 0.05) is 31.1 Å². The maximum Gasteiger partial charge on any atom is 0.217 e. The molecule has 0 N–H and O–H groups in total. The van der Waals surface area contributed by atoms with Crippen molar-refractivity contribution in [1.82, 2.24) is 4.31 Å². The molecule has 0 aliphatic carbocycles. The van der Waals surface area contributed by atoms with Crippen molar-refractivity contribution < 1.29 is 13.2 Å². The van der Waals surface area contributed by atoms with Crippen molar-refractivity contribution in [3.8, 4) is 0 Å². The van der Waals surface area contributed by atoms with Crippen molar-refractivity contribution in [3.05, 3.63) is 0 Å². The van der Waals surface area contributed by atoms with Crippen molar-refractivity contribution >= 4 is 26.0 Å². The Balaban J connectivity index is 2.03. The molecule has 18 heavy (non-hydrogen) atoms. The topological polar surface area (TPSA) is 46.6 Å². The molecule has 2 heterocycles. The number of alkyl halides is 1. The fraction of sp³-hybridized carbons (Fsp3) is 1.00. The second-order valence-electron chi connectivity index (χ2n) is 5.09. The highest BCUT2D eigenvalue weighted by Crippen LogP contribution is 2.29. The molecule has 2 aliphatic rings. The minimum Gasteiger partial charge on any atom is -0.381 e. The summed E-state index contributed by atoms with van der Waals surface area (Å²) < 4.78 is 32.3. The van der Waals surface area contributed by atoms with E-state index < -0.39 is 10.0 Å². The summed E-state index contributed by atoms with van der Waals surface area (Å²) >= 11 is 3.42. The molecule has 1 atom stereocenters. The van der Waals surface area contributed by atoms with Crippen LogP contribution in [0.3, 0.4) is 0 Å². The van der Waals surface area contributed by atoms with Crippen LogP contribution in [0.2, 0.25) is 0 Å². The van der Waals surface area contributed by atoms with Crippen LogP contribution in [0.25, 0.3) is 0 Å². The zero-order valence-corrected chi connectivity index (χ0v) is 13.1. The van der Waals surface area contributed by atoms with E-state index in [9.17, 15) is 8.42 Å². The lowest BCUT2D eigenvalue weighted by Crippen LogP contribution is -2.43. The molecule has 0 amide bonds. The summed E-state index contributed by atoms with van der Waals surface area (Å²) in [6.45, 7) is 1.89. The minimum atomic E-state index is -3.10. The molecule has 0 aromatic carbocycles. The second kappa shape index (κ2) is 6.68. The zero-order chi connectivity index (χ0) is 13.0. The fourth-order valence-electron chi connectivity index (χ4n) is 2.91. The van der Waals surface area contributed by atoms with E-state index in [1.807, 2.05) is 0 Å². The molecule has 106 valence electrons. The molecule has 0 aromatic rings. The Morgan fingerprint density at radius 1 is 1.22 bits per heavy atom. The lowest BCUT2D eigenvalue weighted by Gasteiger charge is -2.30. The molecule has 2 aliphatic heterocycles. The largest absolute Gasteiger partial charge is 0.381 e. The Morgan fingerprint density at radius 2 is 1.94 bits per heavy atom. The molecule has 1 unspecified atom stereocenters. The highest BCUT2D eigenvalue weighted by Gasteiger charge is 2.39. The Bertz CT molecular complexity index is 354. The molecule has 2 fully saturated rings. The molecule has 0 spiro atoms. The lowest BCUT2D eigenvalue weighted by atomic mass is 10.1. The number of sulfonamides is 1. The van der Waals surface area contributed by atoms with E-state index in [1.165, 1.54) is 0 Å². The van der Waals surface area contributed by atoms with Crippen LogP contribution in [0.4, 0.5) is 0 Å². The SMILES string of the molecule is O=S(=O)(C1CCOCC1)N1CCCC1CCCBr. The van der Waals surface area contributed by atoms with E-state index in [1.54, 1.807) is 4.31 Å². The first-order valence-corrected chi connectivity index (χ1v) is 9.43. The first-order chi connectivity index (χ1) is 8.66. The second-order valence-corrected chi connectivity index (χ2v) is 8.05. The first-order valence-electron chi connectivity index (χ1n) is 6.80. The maximum absolute atomic E-state index is 12.6. The van der Waals surface area contributed by atoms with Gasteiger partial charge < -0.3 is 4.74 Å². The average molecular weight is 340 g/mol. The van der Waals surface area contributed by atoms with Gasteiger partial charge >= 0.3 is 0 Å². The number of nitrogens with zero attached hydrogens (tertiary/aromatic N) is 1. The van der Waals surface area contributed by atoms with E-state index in [-0.39, 0.29) is 11.3 Å². The van der Waals surface area contributed by atoms with Gasteiger partial charge in [-0.15, -0.1) is 0 Å². The molecule has 6 heteroatoms. The molecule has 0 bridgehead atoms. The summed E-state index contributed by atoms with van der Waals surface area (Å²) in [6, 6.07) is 0.232. The highest BCUT2D eigenvalue weighted by molar-refractivity contribution is 9.09. The molecule has 2 rings (SSSR count). The van der Waals surface area contributed by atoms with Crippen LogP contribution >= 0.6 is 15.9 Å². The van der Waals surface area contributed by atoms with Crippen LogP contribution in [0.15, 0.2) is 0 Å². The Kier molecular flexibility index (Phi) is 5.47. The third kappa shape index (κ3) is 3.26. The Hall–Kier alpha value is 0.350. The standard InChI is InChI=1S/C12H22BrNO3S/c13-7-1-3-11-4-2-8-14(11)18(15,16)12-5-9-17-10-6-12/h11-12H,1-10H2. The molecular weight excluding hydrogens is 318 g/mol. The maximum atomic E-state index is 12.6. The van der Waals surface area contributed by atoms with Crippen molar-refractivity contribution in [3.63, 3.8) is 0 Å². The normalized spacial score (nSPS) is 27.7. The van der Waals surface area contributed by atoms with Crippen LogP contribution in [0.1, 0.15) is 38.5 Å². The summed E-state index contributed by atoms with van der Waals surface area (Å²) in [6.07, 6.45) is 5.37. The molecule has 4 nitrogen and oxygen atoms in total. The monoisotopic (exact) mass is 339 g/mol. The highest BCUT2D eigenvalue weighted by atomic mass is 79.9. The van der Waals surface area contributed by atoms with Crippen LogP contribution in [-0.4, -0.2) is 49.1 Å². The van der Waals surface area contributed by atoms with Crippen molar-refractivity contribution in [2.24, 2.45) is 0 Å². The van der Waals surface area contributed by atoms with Crippen molar-refractivity contribution in [1.29, 1.82) is 0 Å². The van der Waals surface area contributed by atoms with E-state index in [0.29, 0.717) is 32.6 Å². The summed E-state index contributed by atoms with van der Waals surface area (Å²) in [5.74, 6) is 0. The number of ether oxygens (including phenoxy) is 1. The van der Waals surface area contributed by atoms with Gasteiger partial charge in [0.05, 0.1) is 5.25 Å². The zero-order valence-electron chi connectivity index (χ0n) is 10.7. The summed E-state index contributed by atoms with van der Waals surface area (Å²) in [7, 11) is -3.10. The Labute approximate surface area is 118 Å². The van der Waals surface area contributed by atoms with E-state index in [4.69, 9.17) is 4.74 Å². The van der Waals surface area contributed by atoms with Crippen LogP contribution in [0, 0.1) is 0 Å². The molecule has 0 radical (unpaired) electrons. The number of hydrogen-bond donors (Lipinski definition) is 0. The fourth-order valence-corrected chi connectivity index (χ4v) is 5.42. The van der Waals surface area contributed by atoms with Crippen LogP contribution in [-0.2, 0) is 14.8 Å². The van der Waals surface area contributed by atoms with Gasteiger partial charge in [0.1, 0.15) is 0 Å². The van der Waals surface area contributed by atoms with E-state index >= 15 is 0 Å². The third-order valence-electron chi connectivity index (χ3n) is 3.91. The van der Waals surface area contributed by atoms with Gasteiger partial charge in [0.2, 0.25) is 10.0 Å². The smallest absolute Gasteiger partial charge is 0.217 e. The van der Waals surface area contributed by atoms with Crippen molar-refractivity contribution in [2.45, 2.75) is 49.8 Å². The van der Waals surface area contributed by atoms with Crippen LogP contribution < -0.4 is 0 Å². The number of rotatable bonds is 5.